The van der Waals surface area contributed by atoms with E-state index in [-0.39, 0.29) is 0 Å². The molecule has 1 rings (SSSR count). The number of aromatic nitrogens is 1. The molecular formula is C11H18N4. The molecule has 0 fully saturated rings. The van der Waals surface area contributed by atoms with Crippen LogP contribution in [0.1, 0.15) is 19.4 Å². The molecule has 0 spiro atoms. The van der Waals surface area contributed by atoms with Gasteiger partial charge in [-0.1, -0.05) is 13.8 Å². The highest BCUT2D eigenvalue weighted by molar-refractivity contribution is 5.77. The number of aliphatic imine (C=N–C) groups is 1. The first-order valence-electron chi connectivity index (χ1n) is 5.11. The van der Waals surface area contributed by atoms with Crippen LogP contribution < -0.4 is 11.1 Å². The Morgan fingerprint density at radius 3 is 2.73 bits per heavy atom. The number of nitrogens with one attached hydrogen (secondary N) is 1. The molecule has 1 aromatic heterocycles. The minimum Gasteiger partial charge on any atom is -0.370 e. The first kappa shape index (κ1) is 11.5. The van der Waals surface area contributed by atoms with Crippen LogP contribution in [-0.2, 0) is 6.54 Å². The fourth-order valence-corrected chi connectivity index (χ4v) is 1.03. The van der Waals surface area contributed by atoms with Crippen LogP contribution in [0.4, 0.5) is 0 Å². The second-order valence-electron chi connectivity index (χ2n) is 3.83. The van der Waals surface area contributed by atoms with Crippen molar-refractivity contribution in [1.82, 2.24) is 10.3 Å². The molecule has 0 amide bonds. The van der Waals surface area contributed by atoms with E-state index in [1.165, 1.54) is 0 Å². The van der Waals surface area contributed by atoms with Gasteiger partial charge in [0.1, 0.15) is 0 Å². The van der Waals surface area contributed by atoms with Gasteiger partial charge in [0.15, 0.2) is 5.96 Å². The van der Waals surface area contributed by atoms with Crippen LogP contribution in [0.5, 0.6) is 0 Å². The van der Waals surface area contributed by atoms with Crippen LogP contribution in [0.25, 0.3) is 0 Å². The van der Waals surface area contributed by atoms with Gasteiger partial charge in [0, 0.05) is 18.9 Å². The third-order valence-corrected chi connectivity index (χ3v) is 1.87. The van der Waals surface area contributed by atoms with Gasteiger partial charge in [-0.05, 0) is 23.6 Å². The van der Waals surface area contributed by atoms with E-state index >= 15 is 0 Å². The fourth-order valence-electron chi connectivity index (χ4n) is 1.03. The average Bonchev–Trinajstić information content (AvgIpc) is 2.25. The van der Waals surface area contributed by atoms with Gasteiger partial charge in [-0.25, -0.2) is 4.99 Å². The fraction of sp³-hybridized carbons (Fsp3) is 0.455. The van der Waals surface area contributed by atoms with E-state index < -0.39 is 0 Å². The van der Waals surface area contributed by atoms with E-state index in [2.05, 4.69) is 29.1 Å². The van der Waals surface area contributed by atoms with Crippen molar-refractivity contribution in [3.05, 3.63) is 30.1 Å². The van der Waals surface area contributed by atoms with Crippen LogP contribution in [-0.4, -0.2) is 17.5 Å². The van der Waals surface area contributed by atoms with Crippen molar-refractivity contribution in [2.45, 2.75) is 20.4 Å². The average molecular weight is 206 g/mol. The molecule has 0 atom stereocenters. The smallest absolute Gasteiger partial charge is 0.188 e. The van der Waals surface area contributed by atoms with Gasteiger partial charge in [0.25, 0.3) is 0 Å². The van der Waals surface area contributed by atoms with Gasteiger partial charge in [-0.3, -0.25) is 4.98 Å². The molecular weight excluding hydrogens is 188 g/mol. The summed E-state index contributed by atoms with van der Waals surface area (Å²) in [5.74, 6) is 1.07. The Hall–Kier alpha value is -1.58. The maximum absolute atomic E-state index is 5.69. The molecule has 0 saturated carbocycles. The summed E-state index contributed by atoms with van der Waals surface area (Å²) in [5.41, 5.74) is 6.80. The lowest BCUT2D eigenvalue weighted by Crippen LogP contribution is -2.34. The van der Waals surface area contributed by atoms with Crippen LogP contribution in [0.15, 0.2) is 29.5 Å². The Balaban J connectivity index is 2.37. The molecule has 0 bridgehead atoms. The second-order valence-corrected chi connectivity index (χ2v) is 3.83. The largest absolute Gasteiger partial charge is 0.370 e. The molecule has 0 aliphatic heterocycles. The van der Waals surface area contributed by atoms with Crippen molar-refractivity contribution in [2.24, 2.45) is 16.6 Å². The summed E-state index contributed by atoms with van der Waals surface area (Å²) in [4.78, 5) is 8.16. The maximum atomic E-state index is 5.69. The van der Waals surface area contributed by atoms with Crippen LogP contribution in [0.3, 0.4) is 0 Å². The lowest BCUT2D eigenvalue weighted by atomic mass is 10.2. The summed E-state index contributed by atoms with van der Waals surface area (Å²) in [6, 6.07) is 3.86. The number of nitrogens with zero attached hydrogens (tertiary/aromatic N) is 2. The Kier molecular flexibility index (Phi) is 4.60. The summed E-state index contributed by atoms with van der Waals surface area (Å²) in [5, 5.41) is 3.06. The zero-order chi connectivity index (χ0) is 11.1. The van der Waals surface area contributed by atoms with E-state index in [1.807, 2.05) is 12.1 Å². The van der Waals surface area contributed by atoms with Crippen molar-refractivity contribution in [3.63, 3.8) is 0 Å². The predicted molar refractivity (Wildman–Crippen MR) is 62.4 cm³/mol. The number of guanidine groups is 1. The Morgan fingerprint density at radius 2 is 2.13 bits per heavy atom. The molecule has 15 heavy (non-hydrogen) atoms. The topological polar surface area (TPSA) is 63.3 Å². The van der Waals surface area contributed by atoms with E-state index in [0.717, 1.165) is 12.1 Å². The number of pyridine rings is 1. The Labute approximate surface area is 90.6 Å². The first-order chi connectivity index (χ1) is 7.18. The highest BCUT2D eigenvalue weighted by Crippen LogP contribution is 1.97. The van der Waals surface area contributed by atoms with E-state index in [4.69, 9.17) is 5.73 Å². The number of hydrogen-bond acceptors (Lipinski definition) is 2. The molecule has 4 nitrogen and oxygen atoms in total. The van der Waals surface area contributed by atoms with E-state index in [1.54, 1.807) is 12.4 Å². The number of hydrogen-bond donors (Lipinski definition) is 2. The van der Waals surface area contributed by atoms with Gasteiger partial charge >= 0.3 is 0 Å². The molecule has 3 N–H and O–H groups in total. The molecule has 82 valence electrons. The van der Waals surface area contributed by atoms with Crippen molar-refractivity contribution < 1.29 is 0 Å². The SMILES string of the molecule is CC(C)CNC(N)=NCc1ccncc1. The molecule has 0 aromatic carbocycles. The highest BCUT2D eigenvalue weighted by Gasteiger charge is 1.95. The normalized spacial score (nSPS) is 11.8. The quantitative estimate of drug-likeness (QED) is 0.573. The van der Waals surface area contributed by atoms with Crippen molar-refractivity contribution in [1.29, 1.82) is 0 Å². The van der Waals surface area contributed by atoms with Crippen LogP contribution in [0, 0.1) is 5.92 Å². The van der Waals surface area contributed by atoms with Crippen LogP contribution in [0.2, 0.25) is 0 Å². The zero-order valence-corrected chi connectivity index (χ0v) is 9.27. The molecule has 0 aliphatic rings. The summed E-state index contributed by atoms with van der Waals surface area (Å²) in [6.45, 7) is 5.71. The molecule has 1 heterocycles. The monoisotopic (exact) mass is 206 g/mol. The van der Waals surface area contributed by atoms with Gasteiger partial charge in [-0.15, -0.1) is 0 Å². The highest BCUT2D eigenvalue weighted by atomic mass is 15.1. The molecule has 0 aliphatic carbocycles. The van der Waals surface area contributed by atoms with Gasteiger partial charge in [-0.2, -0.15) is 0 Å². The summed E-state index contributed by atoms with van der Waals surface area (Å²) >= 11 is 0. The lowest BCUT2D eigenvalue weighted by molar-refractivity contribution is 0.622. The van der Waals surface area contributed by atoms with Crippen LogP contribution >= 0.6 is 0 Å². The maximum Gasteiger partial charge on any atom is 0.188 e. The standard InChI is InChI=1S/C11H18N4/c1-9(2)7-14-11(12)15-8-10-3-5-13-6-4-10/h3-6,9H,7-8H2,1-2H3,(H3,12,14,15). The zero-order valence-electron chi connectivity index (χ0n) is 9.27. The Morgan fingerprint density at radius 1 is 1.47 bits per heavy atom. The number of nitrogens with two attached hydrogens (primary N) is 1. The van der Waals surface area contributed by atoms with Crippen molar-refractivity contribution in [3.8, 4) is 0 Å². The third-order valence-electron chi connectivity index (χ3n) is 1.87. The molecule has 4 heteroatoms. The molecule has 1 aromatic rings. The minimum absolute atomic E-state index is 0.500. The Bertz CT molecular complexity index is 306. The first-order valence-corrected chi connectivity index (χ1v) is 5.11. The van der Waals surface area contributed by atoms with E-state index in [0.29, 0.717) is 18.4 Å². The van der Waals surface area contributed by atoms with E-state index in [9.17, 15) is 0 Å². The summed E-state index contributed by atoms with van der Waals surface area (Å²) in [7, 11) is 0. The van der Waals surface area contributed by atoms with Gasteiger partial charge in [0.2, 0.25) is 0 Å². The summed E-state index contributed by atoms with van der Waals surface area (Å²) < 4.78 is 0. The van der Waals surface area contributed by atoms with Crippen molar-refractivity contribution in [2.75, 3.05) is 6.54 Å². The lowest BCUT2D eigenvalue weighted by Gasteiger charge is -2.07. The number of rotatable bonds is 4. The third kappa shape index (κ3) is 5.00. The summed E-state index contributed by atoms with van der Waals surface area (Å²) in [6.07, 6.45) is 3.51. The molecule has 0 saturated heterocycles. The molecule has 0 unspecified atom stereocenters. The second kappa shape index (κ2) is 6.01. The van der Waals surface area contributed by atoms with Crippen molar-refractivity contribution >= 4 is 5.96 Å². The molecule has 0 radical (unpaired) electrons. The predicted octanol–water partition coefficient (Wildman–Crippen LogP) is 1.14. The van der Waals surface area contributed by atoms with Gasteiger partial charge < -0.3 is 11.1 Å². The van der Waals surface area contributed by atoms with Gasteiger partial charge in [0.05, 0.1) is 6.54 Å². The minimum atomic E-state index is 0.500.